The van der Waals surface area contributed by atoms with Gasteiger partial charge in [-0.2, -0.15) is 0 Å². The van der Waals surface area contributed by atoms with E-state index in [4.69, 9.17) is 4.42 Å². The summed E-state index contributed by atoms with van der Waals surface area (Å²) in [5.74, 6) is 0.232. The third kappa shape index (κ3) is 3.78. The zero-order valence-electron chi connectivity index (χ0n) is 14.1. The topological polar surface area (TPSA) is 88.2 Å². The molecular weight excluding hydrogens is 362 g/mol. The number of aromatic nitrogens is 2. The lowest BCUT2D eigenvalue weighted by molar-refractivity contribution is 0.102. The van der Waals surface area contributed by atoms with Crippen LogP contribution in [-0.4, -0.2) is 21.0 Å². The number of nitrogens with one attached hydrogen (secondary N) is 1. The molecule has 0 saturated carbocycles. The molecule has 27 heavy (non-hydrogen) atoms. The molecule has 4 rings (SSSR count). The molecule has 0 aliphatic rings. The molecule has 0 unspecified atom stereocenters. The number of thioether (sulfide) groups is 1. The summed E-state index contributed by atoms with van der Waals surface area (Å²) >= 11 is 1.42. The normalized spacial score (nSPS) is 10.8. The zero-order valence-corrected chi connectivity index (χ0v) is 14.9. The number of hydrogen-bond acceptors (Lipinski definition) is 6. The van der Waals surface area contributed by atoms with Crippen molar-refractivity contribution in [3.8, 4) is 5.75 Å². The van der Waals surface area contributed by atoms with E-state index in [9.17, 15) is 9.90 Å². The Morgan fingerprint density at radius 1 is 1.07 bits per heavy atom. The maximum absolute atomic E-state index is 12.6. The van der Waals surface area contributed by atoms with Crippen LogP contribution in [-0.2, 0) is 5.75 Å². The highest BCUT2D eigenvalue weighted by molar-refractivity contribution is 7.98. The van der Waals surface area contributed by atoms with Gasteiger partial charge in [0.15, 0.2) is 17.2 Å². The van der Waals surface area contributed by atoms with Crippen LogP contribution in [0, 0.1) is 0 Å². The second kappa shape index (κ2) is 7.51. The Morgan fingerprint density at radius 2 is 1.89 bits per heavy atom. The summed E-state index contributed by atoms with van der Waals surface area (Å²) < 4.78 is 5.71. The monoisotopic (exact) mass is 377 g/mol. The zero-order chi connectivity index (χ0) is 18.6. The van der Waals surface area contributed by atoms with Gasteiger partial charge in [-0.05, 0) is 35.9 Å². The lowest BCUT2D eigenvalue weighted by Gasteiger charge is -2.09. The van der Waals surface area contributed by atoms with Gasteiger partial charge in [0, 0.05) is 17.5 Å². The molecule has 1 amide bonds. The largest absolute Gasteiger partial charge is 0.504 e. The molecule has 0 aliphatic carbocycles. The number of carbonyl (C=O) groups excluding carboxylic acids is 1. The number of rotatable bonds is 5. The molecule has 0 fully saturated rings. The highest BCUT2D eigenvalue weighted by Gasteiger charge is 2.15. The summed E-state index contributed by atoms with van der Waals surface area (Å²) in [6.07, 6.45) is 1.50. The molecule has 6 nitrogen and oxygen atoms in total. The molecule has 0 atom stereocenters. The Balaban J connectivity index is 1.52. The molecule has 0 aliphatic heterocycles. The van der Waals surface area contributed by atoms with Crippen molar-refractivity contribution in [3.05, 3.63) is 78.0 Å². The van der Waals surface area contributed by atoms with Gasteiger partial charge in [-0.25, -0.2) is 9.97 Å². The van der Waals surface area contributed by atoms with Crippen LogP contribution in [0.4, 0.5) is 5.82 Å². The first-order chi connectivity index (χ1) is 13.2. The van der Waals surface area contributed by atoms with Crippen LogP contribution < -0.4 is 5.32 Å². The summed E-state index contributed by atoms with van der Waals surface area (Å²) in [5, 5.41) is 13.0. The number of aromatic hydroxyl groups is 1. The molecule has 2 aromatic heterocycles. The molecule has 0 radical (unpaired) electrons. The molecule has 0 bridgehead atoms. The predicted molar refractivity (Wildman–Crippen MR) is 104 cm³/mol. The van der Waals surface area contributed by atoms with Crippen LogP contribution in [0.15, 0.2) is 76.5 Å². The van der Waals surface area contributed by atoms with E-state index < -0.39 is 0 Å². The van der Waals surface area contributed by atoms with Gasteiger partial charge in [0.25, 0.3) is 11.1 Å². The average molecular weight is 377 g/mol. The van der Waals surface area contributed by atoms with Gasteiger partial charge >= 0.3 is 0 Å². The fraction of sp³-hybridized carbons (Fsp3) is 0.0500. The third-order valence-corrected chi connectivity index (χ3v) is 4.78. The fourth-order valence-electron chi connectivity index (χ4n) is 2.59. The van der Waals surface area contributed by atoms with Crippen LogP contribution in [0.3, 0.4) is 0 Å². The van der Waals surface area contributed by atoms with Crippen molar-refractivity contribution in [1.82, 2.24) is 9.97 Å². The molecule has 2 aromatic carbocycles. The fourth-order valence-corrected chi connectivity index (χ4v) is 3.43. The number of benzene rings is 2. The second-order valence-corrected chi connectivity index (χ2v) is 6.65. The van der Waals surface area contributed by atoms with Crippen LogP contribution in [0.25, 0.3) is 11.1 Å². The van der Waals surface area contributed by atoms with E-state index in [-0.39, 0.29) is 17.5 Å². The number of anilines is 1. The first-order valence-corrected chi connectivity index (χ1v) is 9.21. The second-order valence-electron chi connectivity index (χ2n) is 5.72. The van der Waals surface area contributed by atoms with Gasteiger partial charge in [-0.15, -0.1) is 0 Å². The lowest BCUT2D eigenvalue weighted by atomic mass is 10.1. The van der Waals surface area contributed by atoms with Crippen molar-refractivity contribution in [3.63, 3.8) is 0 Å². The molecular formula is C20H15N3O3S. The predicted octanol–water partition coefficient (Wildman–Crippen LogP) is 4.47. The van der Waals surface area contributed by atoms with E-state index in [0.29, 0.717) is 16.5 Å². The Bertz CT molecular complexity index is 1080. The minimum atomic E-state index is -0.335. The summed E-state index contributed by atoms with van der Waals surface area (Å²) in [4.78, 5) is 21.0. The van der Waals surface area contributed by atoms with Gasteiger partial charge < -0.3 is 14.8 Å². The number of oxazole rings is 1. The summed E-state index contributed by atoms with van der Waals surface area (Å²) in [5.41, 5.74) is 2.87. The quantitative estimate of drug-likeness (QED) is 0.499. The van der Waals surface area contributed by atoms with E-state index >= 15 is 0 Å². The molecule has 0 spiro atoms. The number of carbonyl (C=O) groups is 1. The van der Waals surface area contributed by atoms with Crippen molar-refractivity contribution in [2.75, 3.05) is 5.32 Å². The van der Waals surface area contributed by atoms with Crippen LogP contribution in [0.1, 0.15) is 15.9 Å². The maximum Gasteiger partial charge on any atom is 0.257 e. The summed E-state index contributed by atoms with van der Waals surface area (Å²) in [6, 6.07) is 17.9. The van der Waals surface area contributed by atoms with Crippen molar-refractivity contribution in [1.29, 1.82) is 0 Å². The number of fused-ring (bicyclic) bond motifs is 1. The smallest absolute Gasteiger partial charge is 0.257 e. The number of hydrogen-bond donors (Lipinski definition) is 2. The summed E-state index contributed by atoms with van der Waals surface area (Å²) in [7, 11) is 0. The van der Waals surface area contributed by atoms with Gasteiger partial charge in [0.05, 0.1) is 0 Å². The Labute approximate surface area is 159 Å². The number of amides is 1. The standard InChI is InChI=1S/C20H15N3O3S/c24-16-9-5-11-21-18(16)23-19(25)14-7-2-1-6-13(14)12-27-20-22-15-8-3-4-10-17(15)26-20/h1-11,24H,12H2,(H,21,23,25). The van der Waals surface area contributed by atoms with Gasteiger partial charge in [-0.3, -0.25) is 4.79 Å². The first kappa shape index (κ1) is 17.1. The molecule has 2 heterocycles. The molecule has 4 aromatic rings. The average Bonchev–Trinajstić information content (AvgIpc) is 3.11. The van der Waals surface area contributed by atoms with Gasteiger partial charge in [0.1, 0.15) is 5.52 Å². The highest BCUT2D eigenvalue weighted by atomic mass is 32.2. The Morgan fingerprint density at radius 3 is 2.74 bits per heavy atom. The Hall–Kier alpha value is -3.32. The summed E-state index contributed by atoms with van der Waals surface area (Å²) in [6.45, 7) is 0. The van der Waals surface area contributed by atoms with Crippen LogP contribution in [0.2, 0.25) is 0 Å². The van der Waals surface area contributed by atoms with Gasteiger partial charge in [-0.1, -0.05) is 42.1 Å². The molecule has 7 heteroatoms. The van der Waals surface area contributed by atoms with Crippen molar-refractivity contribution < 1.29 is 14.3 Å². The minimum absolute atomic E-state index is 0.0795. The molecule has 134 valence electrons. The van der Waals surface area contributed by atoms with Crippen LogP contribution in [0.5, 0.6) is 5.75 Å². The first-order valence-electron chi connectivity index (χ1n) is 8.22. The highest BCUT2D eigenvalue weighted by Crippen LogP contribution is 2.28. The number of nitrogens with zero attached hydrogens (tertiary/aromatic N) is 2. The molecule has 2 N–H and O–H groups in total. The Kier molecular flexibility index (Phi) is 4.76. The lowest BCUT2D eigenvalue weighted by Crippen LogP contribution is -2.15. The van der Waals surface area contributed by atoms with E-state index in [1.54, 1.807) is 18.2 Å². The number of para-hydroxylation sites is 2. The van der Waals surface area contributed by atoms with E-state index in [2.05, 4.69) is 15.3 Å². The maximum atomic E-state index is 12.6. The van der Waals surface area contributed by atoms with E-state index in [1.807, 2.05) is 36.4 Å². The van der Waals surface area contributed by atoms with E-state index in [1.165, 1.54) is 24.0 Å². The third-order valence-electron chi connectivity index (χ3n) is 3.91. The van der Waals surface area contributed by atoms with Crippen LogP contribution >= 0.6 is 11.8 Å². The SMILES string of the molecule is O=C(Nc1ncccc1O)c1ccccc1CSc1nc2ccccc2o1. The van der Waals surface area contributed by atoms with Crippen molar-refractivity contribution >= 4 is 34.6 Å². The number of pyridine rings is 1. The van der Waals surface area contributed by atoms with Crippen molar-refractivity contribution in [2.24, 2.45) is 0 Å². The van der Waals surface area contributed by atoms with E-state index in [0.717, 1.165) is 16.7 Å². The van der Waals surface area contributed by atoms with Gasteiger partial charge in [0.2, 0.25) is 0 Å². The minimum Gasteiger partial charge on any atom is -0.504 e. The molecule has 0 saturated heterocycles. The van der Waals surface area contributed by atoms with Crippen molar-refractivity contribution in [2.45, 2.75) is 11.0 Å².